The van der Waals surface area contributed by atoms with Gasteiger partial charge in [0, 0.05) is 58.8 Å². The topological polar surface area (TPSA) is 136 Å². The van der Waals surface area contributed by atoms with Crippen LogP contribution < -0.4 is 15.4 Å². The normalized spacial score (nSPS) is 13.8. The molecule has 202 valence electrons. The van der Waals surface area contributed by atoms with E-state index < -0.39 is 5.97 Å². The van der Waals surface area contributed by atoms with Crippen molar-refractivity contribution in [3.05, 3.63) is 48.7 Å². The van der Waals surface area contributed by atoms with Gasteiger partial charge in [-0.25, -0.2) is 19.7 Å². The van der Waals surface area contributed by atoms with Crippen LogP contribution in [-0.2, 0) is 16.6 Å². The molecule has 0 saturated carbocycles. The highest BCUT2D eigenvalue weighted by atomic mass is 16.5. The van der Waals surface area contributed by atoms with Gasteiger partial charge < -0.3 is 29.6 Å². The third kappa shape index (κ3) is 5.31. The molecule has 1 fully saturated rings. The summed E-state index contributed by atoms with van der Waals surface area (Å²) in [5.41, 5.74) is 3.30. The Morgan fingerprint density at radius 3 is 2.46 bits per heavy atom. The average molecular weight is 531 g/mol. The number of nitrogens with zero attached hydrogens (tertiary/aromatic N) is 6. The lowest BCUT2D eigenvalue weighted by Crippen LogP contribution is -2.40. The second kappa shape index (κ2) is 10.9. The maximum atomic E-state index is 12.8. The molecular weight excluding hydrogens is 500 g/mol. The Bertz CT molecular complexity index is 1510. The van der Waals surface area contributed by atoms with Crippen molar-refractivity contribution < 1.29 is 19.1 Å². The highest BCUT2D eigenvalue weighted by Gasteiger charge is 2.24. The van der Waals surface area contributed by atoms with Gasteiger partial charge in [0.1, 0.15) is 23.1 Å². The Balaban J connectivity index is 1.40. The number of piperidine rings is 1. The zero-order valence-corrected chi connectivity index (χ0v) is 22.3. The van der Waals surface area contributed by atoms with Crippen LogP contribution in [0.5, 0.6) is 5.75 Å². The van der Waals surface area contributed by atoms with Crippen LogP contribution in [0.2, 0.25) is 0 Å². The van der Waals surface area contributed by atoms with Crippen LogP contribution in [0.15, 0.2) is 43.0 Å². The number of fused-ring (bicyclic) bond motifs is 1. The first-order valence-electron chi connectivity index (χ1n) is 12.6. The number of rotatable bonds is 7. The number of aromatic nitrogens is 5. The molecule has 0 radical (unpaired) electrons. The molecule has 0 atom stereocenters. The predicted molar refractivity (Wildman–Crippen MR) is 146 cm³/mol. The molecule has 0 spiro atoms. The molecule has 12 nitrogen and oxygen atoms in total. The van der Waals surface area contributed by atoms with E-state index in [1.807, 2.05) is 40.8 Å². The van der Waals surface area contributed by atoms with Gasteiger partial charge in [0.2, 0.25) is 5.91 Å². The van der Waals surface area contributed by atoms with E-state index in [1.165, 1.54) is 7.11 Å². The fourth-order valence-electron chi connectivity index (χ4n) is 4.57. The van der Waals surface area contributed by atoms with Crippen LogP contribution in [0, 0.1) is 0 Å². The van der Waals surface area contributed by atoms with E-state index in [4.69, 9.17) is 9.47 Å². The standard InChI is InChI=1S/C27H30N8O4/c1-16(36)35-11-9-19(10-12-35)39-18-7-5-17(6-8-18)31-26-24(27(37)38-4)32-23(25(28-2)33-26)20-13-29-14-21-22(20)30-15-34(21)3/h5-8,13-15,19H,9-12H2,1-4H3,(H2,28,31,33). The van der Waals surface area contributed by atoms with E-state index in [9.17, 15) is 9.59 Å². The molecule has 1 saturated heterocycles. The largest absolute Gasteiger partial charge is 0.490 e. The molecule has 3 aromatic heterocycles. The first-order chi connectivity index (χ1) is 18.9. The first-order valence-corrected chi connectivity index (χ1v) is 12.6. The highest BCUT2D eigenvalue weighted by Crippen LogP contribution is 2.33. The second-order valence-electron chi connectivity index (χ2n) is 9.24. The van der Waals surface area contributed by atoms with Crippen LogP contribution in [0.4, 0.5) is 17.3 Å². The zero-order valence-electron chi connectivity index (χ0n) is 22.3. The number of pyridine rings is 1. The molecule has 0 unspecified atom stereocenters. The Kier molecular flexibility index (Phi) is 7.26. The van der Waals surface area contributed by atoms with Crippen molar-refractivity contribution in [3.8, 4) is 17.0 Å². The second-order valence-corrected chi connectivity index (χ2v) is 9.24. The number of carbonyl (C=O) groups excluding carboxylic acids is 2. The first kappa shape index (κ1) is 25.9. The summed E-state index contributed by atoms with van der Waals surface area (Å²) in [4.78, 5) is 44.3. The number of nitrogens with one attached hydrogen (secondary N) is 2. The number of esters is 1. The molecule has 0 bridgehead atoms. The third-order valence-corrected chi connectivity index (χ3v) is 6.71. The maximum Gasteiger partial charge on any atom is 0.360 e. The van der Waals surface area contributed by atoms with Crippen LogP contribution >= 0.6 is 0 Å². The zero-order chi connectivity index (χ0) is 27.5. The number of anilines is 3. The molecule has 39 heavy (non-hydrogen) atoms. The SMILES string of the molecule is CNc1nc(Nc2ccc(OC3CCN(C(C)=O)CC3)cc2)c(C(=O)OC)nc1-c1cncc2c1ncn2C. The van der Waals surface area contributed by atoms with Gasteiger partial charge in [-0.15, -0.1) is 0 Å². The number of hydrogen-bond acceptors (Lipinski definition) is 10. The molecule has 0 aliphatic carbocycles. The molecule has 2 N–H and O–H groups in total. The smallest absolute Gasteiger partial charge is 0.360 e. The van der Waals surface area contributed by atoms with Crippen molar-refractivity contribution in [2.45, 2.75) is 25.9 Å². The lowest BCUT2D eigenvalue weighted by Gasteiger charge is -2.31. The quantitative estimate of drug-likeness (QED) is 0.342. The summed E-state index contributed by atoms with van der Waals surface area (Å²) in [6.45, 7) is 2.99. The molecule has 5 rings (SSSR count). The Morgan fingerprint density at radius 1 is 1.05 bits per heavy atom. The van der Waals surface area contributed by atoms with Gasteiger partial charge in [-0.1, -0.05) is 0 Å². The number of imidazole rings is 1. The molecule has 1 aliphatic heterocycles. The van der Waals surface area contributed by atoms with Crippen molar-refractivity contribution in [1.29, 1.82) is 0 Å². The van der Waals surface area contributed by atoms with Gasteiger partial charge in [0.05, 0.1) is 30.7 Å². The minimum absolute atomic E-state index is 0.0250. The van der Waals surface area contributed by atoms with Gasteiger partial charge >= 0.3 is 5.97 Å². The van der Waals surface area contributed by atoms with Gasteiger partial charge in [0.25, 0.3) is 0 Å². The summed E-state index contributed by atoms with van der Waals surface area (Å²) in [5, 5.41) is 6.25. The van der Waals surface area contributed by atoms with Crippen molar-refractivity contribution >= 4 is 40.2 Å². The van der Waals surface area contributed by atoms with Crippen LogP contribution in [0.1, 0.15) is 30.3 Å². The minimum atomic E-state index is -0.632. The third-order valence-electron chi connectivity index (χ3n) is 6.71. The van der Waals surface area contributed by atoms with Gasteiger partial charge in [-0.3, -0.25) is 9.78 Å². The van der Waals surface area contributed by atoms with Gasteiger partial charge in [-0.2, -0.15) is 0 Å². The fourth-order valence-corrected chi connectivity index (χ4v) is 4.57. The van der Waals surface area contributed by atoms with E-state index in [0.29, 0.717) is 41.4 Å². The number of hydrogen-bond donors (Lipinski definition) is 2. The number of likely N-dealkylation sites (tertiary alicyclic amines) is 1. The number of carbonyl (C=O) groups is 2. The summed E-state index contributed by atoms with van der Waals surface area (Å²) in [6, 6.07) is 7.39. The highest BCUT2D eigenvalue weighted by molar-refractivity contribution is 5.98. The van der Waals surface area contributed by atoms with E-state index in [2.05, 4.69) is 30.6 Å². The molecule has 4 aromatic rings. The molecule has 4 heterocycles. The Labute approximate surface area is 225 Å². The van der Waals surface area contributed by atoms with Crippen molar-refractivity contribution in [2.24, 2.45) is 7.05 Å². The Hall–Kier alpha value is -4.74. The number of aryl methyl sites for hydroxylation is 1. The van der Waals surface area contributed by atoms with Crippen LogP contribution in [0.3, 0.4) is 0 Å². The lowest BCUT2D eigenvalue weighted by molar-refractivity contribution is -0.130. The van der Waals surface area contributed by atoms with Crippen molar-refractivity contribution in [3.63, 3.8) is 0 Å². The molecule has 1 amide bonds. The molecule has 12 heteroatoms. The fraction of sp³-hybridized carbons (Fsp3) is 0.333. The van der Waals surface area contributed by atoms with Crippen LogP contribution in [0.25, 0.3) is 22.3 Å². The average Bonchev–Trinajstić information content (AvgIpc) is 3.34. The maximum absolute atomic E-state index is 12.8. The number of amides is 1. The van der Waals surface area contributed by atoms with E-state index in [0.717, 1.165) is 24.1 Å². The monoisotopic (exact) mass is 530 g/mol. The summed E-state index contributed by atoms with van der Waals surface area (Å²) in [7, 11) is 4.91. The van der Waals surface area contributed by atoms with E-state index in [-0.39, 0.29) is 23.5 Å². The summed E-state index contributed by atoms with van der Waals surface area (Å²) < 4.78 is 13.0. The minimum Gasteiger partial charge on any atom is -0.490 e. The predicted octanol–water partition coefficient (Wildman–Crippen LogP) is 3.39. The molecule has 1 aromatic carbocycles. The number of benzene rings is 1. The Morgan fingerprint density at radius 2 is 1.79 bits per heavy atom. The van der Waals surface area contributed by atoms with Gasteiger partial charge in [0.15, 0.2) is 17.3 Å². The lowest BCUT2D eigenvalue weighted by atomic mass is 10.1. The summed E-state index contributed by atoms with van der Waals surface area (Å²) >= 11 is 0. The summed E-state index contributed by atoms with van der Waals surface area (Å²) in [6.07, 6.45) is 6.70. The van der Waals surface area contributed by atoms with Gasteiger partial charge in [-0.05, 0) is 24.3 Å². The van der Waals surface area contributed by atoms with Crippen molar-refractivity contribution in [2.75, 3.05) is 37.9 Å². The van der Waals surface area contributed by atoms with E-state index >= 15 is 0 Å². The number of ether oxygens (including phenoxy) is 2. The van der Waals surface area contributed by atoms with Crippen LogP contribution in [-0.4, -0.2) is 74.6 Å². The number of methoxy groups -OCH3 is 1. The van der Waals surface area contributed by atoms with E-state index in [1.54, 1.807) is 32.7 Å². The molecular formula is C27H30N8O4. The molecule has 1 aliphatic rings. The summed E-state index contributed by atoms with van der Waals surface area (Å²) in [5.74, 6) is 0.872. The van der Waals surface area contributed by atoms with Crippen molar-refractivity contribution in [1.82, 2.24) is 29.4 Å².